The van der Waals surface area contributed by atoms with E-state index < -0.39 is 0 Å². The van der Waals surface area contributed by atoms with Crippen molar-refractivity contribution in [2.45, 2.75) is 65.2 Å². The summed E-state index contributed by atoms with van der Waals surface area (Å²) in [5, 5.41) is 3.55. The lowest BCUT2D eigenvalue weighted by atomic mass is 9.86. The summed E-state index contributed by atoms with van der Waals surface area (Å²) in [5.74, 6) is 2.08. The van der Waals surface area contributed by atoms with Gasteiger partial charge in [0, 0.05) is 26.2 Å². The zero-order valence-corrected chi connectivity index (χ0v) is 16.0. The molecule has 24 heavy (non-hydrogen) atoms. The second kappa shape index (κ2) is 8.55. The largest absolute Gasteiger partial charge is 0.357 e. The Morgan fingerprint density at radius 2 is 1.83 bits per heavy atom. The lowest BCUT2D eigenvalue weighted by molar-refractivity contribution is 0.188. The van der Waals surface area contributed by atoms with Crippen LogP contribution < -0.4 is 5.32 Å². The summed E-state index contributed by atoms with van der Waals surface area (Å²) >= 11 is 0. The van der Waals surface area contributed by atoms with Crippen LogP contribution in [-0.2, 0) is 0 Å². The lowest BCUT2D eigenvalue weighted by Gasteiger charge is -2.31. The standard InChI is InChI=1S/C20H38N4/c1-3-21-19(24-16-12-20(17-24)10-5-6-11-20)22-13-7-18-8-14-23(4-2)15-9-18/h18H,3-17H2,1-2H3,(H,21,22). The number of piperidine rings is 1. The van der Waals surface area contributed by atoms with Gasteiger partial charge in [0.1, 0.15) is 0 Å². The third-order valence-corrected chi connectivity index (χ3v) is 6.69. The average Bonchev–Trinajstić information content (AvgIpc) is 3.25. The van der Waals surface area contributed by atoms with Crippen molar-refractivity contribution in [3.63, 3.8) is 0 Å². The highest BCUT2D eigenvalue weighted by molar-refractivity contribution is 5.80. The van der Waals surface area contributed by atoms with Gasteiger partial charge in [0.15, 0.2) is 5.96 Å². The molecule has 0 aromatic rings. The molecular weight excluding hydrogens is 296 g/mol. The molecule has 0 bridgehead atoms. The number of nitrogens with zero attached hydrogens (tertiary/aromatic N) is 3. The average molecular weight is 335 g/mol. The maximum Gasteiger partial charge on any atom is 0.193 e. The third kappa shape index (κ3) is 4.44. The Labute approximate surface area is 149 Å². The molecule has 3 rings (SSSR count). The highest BCUT2D eigenvalue weighted by atomic mass is 15.3. The number of likely N-dealkylation sites (tertiary alicyclic amines) is 2. The van der Waals surface area contributed by atoms with Crippen molar-refractivity contribution in [3.8, 4) is 0 Å². The Bertz CT molecular complexity index is 406. The summed E-state index contributed by atoms with van der Waals surface area (Å²) in [6.45, 7) is 12.7. The molecular formula is C20H38N4. The van der Waals surface area contributed by atoms with Gasteiger partial charge in [-0.2, -0.15) is 0 Å². The van der Waals surface area contributed by atoms with E-state index >= 15 is 0 Å². The molecule has 1 spiro atoms. The fourth-order valence-electron chi connectivity index (χ4n) is 5.02. The van der Waals surface area contributed by atoms with Crippen LogP contribution in [0, 0.1) is 11.3 Å². The highest BCUT2D eigenvalue weighted by Gasteiger charge is 2.41. The zero-order chi connectivity index (χ0) is 16.8. The lowest BCUT2D eigenvalue weighted by Crippen LogP contribution is -2.41. The summed E-state index contributed by atoms with van der Waals surface area (Å²) in [6, 6.07) is 0. The molecule has 0 aromatic carbocycles. The molecule has 0 aromatic heterocycles. The molecule has 138 valence electrons. The van der Waals surface area contributed by atoms with Gasteiger partial charge in [-0.1, -0.05) is 19.8 Å². The van der Waals surface area contributed by atoms with Gasteiger partial charge in [-0.25, -0.2) is 0 Å². The molecule has 0 amide bonds. The van der Waals surface area contributed by atoms with E-state index in [0.29, 0.717) is 5.41 Å². The summed E-state index contributed by atoms with van der Waals surface area (Å²) in [7, 11) is 0. The smallest absolute Gasteiger partial charge is 0.193 e. The fraction of sp³-hybridized carbons (Fsp3) is 0.950. The van der Waals surface area contributed by atoms with Crippen LogP contribution in [-0.4, -0.2) is 61.6 Å². The molecule has 0 atom stereocenters. The van der Waals surface area contributed by atoms with Crippen molar-refractivity contribution >= 4 is 5.96 Å². The maximum atomic E-state index is 5.00. The Morgan fingerprint density at radius 3 is 2.50 bits per heavy atom. The Hall–Kier alpha value is -0.770. The van der Waals surface area contributed by atoms with E-state index in [9.17, 15) is 0 Å². The molecule has 3 aliphatic rings. The molecule has 2 saturated heterocycles. The molecule has 1 saturated carbocycles. The van der Waals surface area contributed by atoms with Crippen LogP contribution in [0.15, 0.2) is 4.99 Å². The molecule has 2 aliphatic heterocycles. The van der Waals surface area contributed by atoms with Crippen LogP contribution in [0.5, 0.6) is 0 Å². The molecule has 0 unspecified atom stereocenters. The Kier molecular flexibility index (Phi) is 6.43. The molecule has 3 fully saturated rings. The fourth-order valence-corrected chi connectivity index (χ4v) is 5.02. The Morgan fingerprint density at radius 1 is 1.08 bits per heavy atom. The first-order valence-corrected chi connectivity index (χ1v) is 10.5. The minimum atomic E-state index is 0.628. The molecule has 1 aliphatic carbocycles. The van der Waals surface area contributed by atoms with Crippen LogP contribution in [0.3, 0.4) is 0 Å². The van der Waals surface area contributed by atoms with Crippen LogP contribution >= 0.6 is 0 Å². The van der Waals surface area contributed by atoms with E-state index in [4.69, 9.17) is 4.99 Å². The van der Waals surface area contributed by atoms with Crippen molar-refractivity contribution in [3.05, 3.63) is 0 Å². The van der Waals surface area contributed by atoms with Crippen LogP contribution in [0.4, 0.5) is 0 Å². The van der Waals surface area contributed by atoms with E-state index in [0.717, 1.165) is 19.0 Å². The van der Waals surface area contributed by atoms with Gasteiger partial charge in [0.25, 0.3) is 0 Å². The van der Waals surface area contributed by atoms with Crippen molar-refractivity contribution in [2.75, 3.05) is 45.8 Å². The summed E-state index contributed by atoms with van der Waals surface area (Å²) in [5.41, 5.74) is 0.628. The SMILES string of the molecule is CCNC(=NCCC1CCN(CC)CC1)N1CCC2(CCCC2)C1. The van der Waals surface area contributed by atoms with Crippen LogP contribution in [0.1, 0.15) is 65.2 Å². The van der Waals surface area contributed by atoms with Crippen molar-refractivity contribution in [2.24, 2.45) is 16.3 Å². The van der Waals surface area contributed by atoms with Gasteiger partial charge < -0.3 is 15.1 Å². The third-order valence-electron chi connectivity index (χ3n) is 6.69. The first kappa shape index (κ1) is 18.0. The minimum absolute atomic E-state index is 0.628. The topological polar surface area (TPSA) is 30.9 Å². The minimum Gasteiger partial charge on any atom is -0.357 e. The zero-order valence-electron chi connectivity index (χ0n) is 16.0. The second-order valence-electron chi connectivity index (χ2n) is 8.28. The molecule has 0 radical (unpaired) electrons. The first-order valence-electron chi connectivity index (χ1n) is 10.5. The summed E-state index contributed by atoms with van der Waals surface area (Å²) in [6.07, 6.45) is 11.2. The normalized spacial score (nSPS) is 25.8. The van der Waals surface area contributed by atoms with E-state index in [1.54, 1.807) is 0 Å². The van der Waals surface area contributed by atoms with Gasteiger partial charge in [0.05, 0.1) is 0 Å². The van der Waals surface area contributed by atoms with Gasteiger partial charge >= 0.3 is 0 Å². The number of hydrogen-bond donors (Lipinski definition) is 1. The number of hydrogen-bond acceptors (Lipinski definition) is 2. The van der Waals surface area contributed by atoms with Gasteiger partial charge in [0.2, 0.25) is 0 Å². The monoisotopic (exact) mass is 334 g/mol. The summed E-state index contributed by atoms with van der Waals surface area (Å²) < 4.78 is 0. The predicted molar refractivity (Wildman–Crippen MR) is 103 cm³/mol. The maximum absolute atomic E-state index is 5.00. The van der Waals surface area contributed by atoms with Gasteiger partial charge in [-0.3, -0.25) is 4.99 Å². The second-order valence-corrected chi connectivity index (χ2v) is 8.28. The first-order chi connectivity index (χ1) is 11.7. The predicted octanol–water partition coefficient (Wildman–Crippen LogP) is 3.34. The van der Waals surface area contributed by atoms with Crippen LogP contribution in [0.25, 0.3) is 0 Å². The number of aliphatic imine (C=N–C) groups is 1. The van der Waals surface area contributed by atoms with Gasteiger partial charge in [-0.15, -0.1) is 0 Å². The molecule has 2 heterocycles. The van der Waals surface area contributed by atoms with Crippen molar-refractivity contribution in [1.82, 2.24) is 15.1 Å². The van der Waals surface area contributed by atoms with E-state index in [-0.39, 0.29) is 0 Å². The number of rotatable bonds is 5. The van der Waals surface area contributed by atoms with E-state index in [1.165, 1.54) is 90.0 Å². The molecule has 4 heteroatoms. The summed E-state index contributed by atoms with van der Waals surface area (Å²) in [4.78, 5) is 10.1. The van der Waals surface area contributed by atoms with E-state index in [2.05, 4.69) is 29.0 Å². The van der Waals surface area contributed by atoms with Crippen molar-refractivity contribution in [1.29, 1.82) is 0 Å². The van der Waals surface area contributed by atoms with Crippen LogP contribution in [0.2, 0.25) is 0 Å². The van der Waals surface area contributed by atoms with E-state index in [1.807, 2.05) is 0 Å². The number of nitrogens with one attached hydrogen (secondary N) is 1. The molecule has 1 N–H and O–H groups in total. The van der Waals surface area contributed by atoms with Crippen molar-refractivity contribution < 1.29 is 0 Å². The van der Waals surface area contributed by atoms with Gasteiger partial charge in [-0.05, 0) is 76.4 Å². The quantitative estimate of drug-likeness (QED) is 0.618. The Balaban J connectivity index is 1.47. The highest BCUT2D eigenvalue weighted by Crippen LogP contribution is 2.45. The number of guanidine groups is 1. The molecule has 4 nitrogen and oxygen atoms in total.